The molecular formula is C23H30N6O2S. The van der Waals surface area contributed by atoms with Crippen LogP contribution < -0.4 is 4.90 Å². The lowest BCUT2D eigenvalue weighted by Crippen LogP contribution is -2.45. The van der Waals surface area contributed by atoms with Crippen LogP contribution in [0.25, 0.3) is 21.6 Å². The number of aliphatic hydroxyl groups is 1. The Hall–Kier alpha value is -2.07. The number of morpholine rings is 1. The maximum absolute atomic E-state index is 11.9. The number of rotatable bonds is 4. The fourth-order valence-corrected chi connectivity index (χ4v) is 6.08. The zero-order chi connectivity index (χ0) is 21.9. The zero-order valence-electron chi connectivity index (χ0n) is 18.7. The van der Waals surface area contributed by atoms with Crippen LogP contribution in [0.1, 0.15) is 43.9 Å². The van der Waals surface area contributed by atoms with Crippen molar-refractivity contribution in [1.29, 1.82) is 0 Å². The molecule has 6 rings (SSSR count). The van der Waals surface area contributed by atoms with Crippen LogP contribution in [0.3, 0.4) is 0 Å². The van der Waals surface area contributed by atoms with Crippen LogP contribution in [0.5, 0.6) is 0 Å². The highest BCUT2D eigenvalue weighted by atomic mass is 32.1. The third kappa shape index (κ3) is 3.51. The van der Waals surface area contributed by atoms with Gasteiger partial charge in [-0.2, -0.15) is 9.47 Å². The Morgan fingerprint density at radius 2 is 2.03 bits per heavy atom. The average molecular weight is 455 g/mol. The largest absolute Gasteiger partial charge is 0.385 e. The number of anilines is 1. The molecule has 1 aliphatic carbocycles. The van der Waals surface area contributed by atoms with Gasteiger partial charge in [-0.15, -0.1) is 0 Å². The highest BCUT2D eigenvalue weighted by molar-refractivity contribution is 7.13. The number of piperidine rings is 1. The van der Waals surface area contributed by atoms with Crippen LogP contribution in [0.4, 0.5) is 5.82 Å². The molecule has 1 atom stereocenters. The van der Waals surface area contributed by atoms with Gasteiger partial charge in [0.2, 0.25) is 0 Å². The van der Waals surface area contributed by atoms with Gasteiger partial charge in [-0.1, -0.05) is 0 Å². The van der Waals surface area contributed by atoms with Crippen LogP contribution in [0.2, 0.25) is 0 Å². The number of hydrogen-bond acceptors (Lipinski definition) is 8. The molecule has 0 amide bonds. The van der Waals surface area contributed by atoms with Gasteiger partial charge in [-0.3, -0.25) is 5.10 Å². The van der Waals surface area contributed by atoms with Gasteiger partial charge >= 0.3 is 0 Å². The van der Waals surface area contributed by atoms with Crippen molar-refractivity contribution in [3.63, 3.8) is 0 Å². The molecule has 5 heterocycles. The molecule has 3 aromatic rings. The quantitative estimate of drug-likeness (QED) is 0.626. The minimum absolute atomic E-state index is 0.232. The normalized spacial score (nSPS) is 24.3. The molecule has 2 N–H and O–H groups in total. The summed E-state index contributed by atoms with van der Waals surface area (Å²) in [5.41, 5.74) is 3.54. The van der Waals surface area contributed by atoms with Crippen molar-refractivity contribution in [2.45, 2.75) is 57.2 Å². The van der Waals surface area contributed by atoms with Gasteiger partial charge in [-0.05, 0) is 63.2 Å². The number of nitrogens with one attached hydrogen (secondary N) is 1. The molecule has 0 unspecified atom stereocenters. The molecule has 170 valence electrons. The molecule has 0 spiro atoms. The molecule has 0 bridgehead atoms. The first-order valence-electron chi connectivity index (χ1n) is 11.7. The molecule has 2 aliphatic heterocycles. The number of nitrogens with zero attached hydrogens (tertiary/aromatic N) is 5. The Kier molecular flexibility index (Phi) is 4.98. The lowest BCUT2D eigenvalue weighted by atomic mass is 9.84. The molecule has 9 heteroatoms. The van der Waals surface area contributed by atoms with E-state index in [0.29, 0.717) is 13.2 Å². The van der Waals surface area contributed by atoms with Gasteiger partial charge in [-0.25, -0.2) is 4.98 Å². The SMILES string of the molecule is Cc1cc(-c2nsc3c(C4(O)CCN(C5CC5)CC4)cc(N4CCOC[C@H]4C)nc23)n[nH]1. The van der Waals surface area contributed by atoms with Crippen molar-refractivity contribution in [3.8, 4) is 11.4 Å². The maximum atomic E-state index is 11.9. The molecule has 3 aliphatic rings. The second kappa shape index (κ2) is 7.76. The Balaban J connectivity index is 1.46. The molecule has 3 aromatic heterocycles. The number of fused-ring (bicyclic) bond motifs is 1. The minimum Gasteiger partial charge on any atom is -0.385 e. The second-order valence-electron chi connectivity index (χ2n) is 9.59. The highest BCUT2D eigenvalue weighted by Crippen LogP contribution is 2.43. The fraction of sp³-hybridized carbons (Fsp3) is 0.609. The number of hydrogen-bond donors (Lipinski definition) is 2. The molecular weight excluding hydrogens is 424 g/mol. The van der Waals surface area contributed by atoms with E-state index in [2.05, 4.69) is 33.0 Å². The van der Waals surface area contributed by atoms with Crippen molar-refractivity contribution in [3.05, 3.63) is 23.4 Å². The first-order valence-corrected chi connectivity index (χ1v) is 12.4. The summed E-state index contributed by atoms with van der Waals surface area (Å²) in [7, 11) is 0. The molecule has 0 aromatic carbocycles. The Labute approximate surface area is 191 Å². The lowest BCUT2D eigenvalue weighted by Gasteiger charge is -2.40. The van der Waals surface area contributed by atoms with Gasteiger partial charge in [0, 0.05) is 36.9 Å². The molecule has 2 saturated heterocycles. The minimum atomic E-state index is -0.859. The standard InChI is InChI=1S/C23H30N6O2S/c1-14-11-18(26-25-14)20-21-22(32-27-20)17(12-19(24-21)29-9-10-31-13-15(29)2)23(30)5-7-28(8-6-23)16-3-4-16/h11-12,15-16,30H,3-10,13H2,1-2H3,(H,25,26)/t15-/m1/s1. The monoisotopic (exact) mass is 454 g/mol. The summed E-state index contributed by atoms with van der Waals surface area (Å²) in [6, 6.07) is 5.09. The van der Waals surface area contributed by atoms with E-state index in [1.165, 1.54) is 24.4 Å². The number of H-pyrrole nitrogens is 1. The number of likely N-dealkylation sites (tertiary alicyclic amines) is 1. The smallest absolute Gasteiger partial charge is 0.131 e. The predicted molar refractivity (Wildman–Crippen MR) is 125 cm³/mol. The fourth-order valence-electron chi connectivity index (χ4n) is 5.14. The van der Waals surface area contributed by atoms with E-state index < -0.39 is 5.60 Å². The van der Waals surface area contributed by atoms with E-state index in [-0.39, 0.29) is 6.04 Å². The van der Waals surface area contributed by atoms with Gasteiger partial charge in [0.1, 0.15) is 22.7 Å². The van der Waals surface area contributed by atoms with Crippen molar-refractivity contribution < 1.29 is 9.84 Å². The summed E-state index contributed by atoms with van der Waals surface area (Å²) in [6.45, 7) is 8.20. The van der Waals surface area contributed by atoms with Gasteiger partial charge in [0.25, 0.3) is 0 Å². The second-order valence-corrected chi connectivity index (χ2v) is 10.4. The van der Waals surface area contributed by atoms with E-state index in [9.17, 15) is 5.11 Å². The van der Waals surface area contributed by atoms with Crippen molar-refractivity contribution in [1.82, 2.24) is 24.5 Å². The van der Waals surface area contributed by atoms with Crippen LogP contribution >= 0.6 is 11.5 Å². The number of aromatic nitrogens is 4. The van der Waals surface area contributed by atoms with E-state index in [1.807, 2.05) is 13.0 Å². The zero-order valence-corrected chi connectivity index (χ0v) is 19.5. The Morgan fingerprint density at radius 1 is 1.22 bits per heavy atom. The first kappa shape index (κ1) is 20.5. The molecule has 8 nitrogen and oxygen atoms in total. The Morgan fingerprint density at radius 3 is 2.72 bits per heavy atom. The van der Waals surface area contributed by atoms with E-state index in [1.54, 1.807) is 0 Å². The number of aromatic amines is 1. The summed E-state index contributed by atoms with van der Waals surface area (Å²) in [5, 5.41) is 19.3. The van der Waals surface area contributed by atoms with Crippen molar-refractivity contribution in [2.75, 3.05) is 37.7 Å². The summed E-state index contributed by atoms with van der Waals surface area (Å²) < 4.78 is 11.4. The number of aryl methyl sites for hydroxylation is 1. The summed E-state index contributed by atoms with van der Waals surface area (Å²) in [6.07, 6.45) is 4.10. The van der Waals surface area contributed by atoms with Crippen LogP contribution in [0.15, 0.2) is 12.1 Å². The Bertz CT molecular complexity index is 1130. The van der Waals surface area contributed by atoms with Crippen LogP contribution in [-0.4, -0.2) is 74.5 Å². The van der Waals surface area contributed by atoms with E-state index in [0.717, 1.165) is 77.2 Å². The molecule has 1 saturated carbocycles. The summed E-state index contributed by atoms with van der Waals surface area (Å²) >= 11 is 1.43. The highest BCUT2D eigenvalue weighted by Gasteiger charge is 2.41. The summed E-state index contributed by atoms with van der Waals surface area (Å²) in [4.78, 5) is 9.92. The van der Waals surface area contributed by atoms with Gasteiger partial charge < -0.3 is 19.6 Å². The van der Waals surface area contributed by atoms with E-state index >= 15 is 0 Å². The van der Waals surface area contributed by atoms with Crippen molar-refractivity contribution in [2.24, 2.45) is 0 Å². The number of ether oxygens (including phenoxy) is 1. The number of pyridine rings is 1. The van der Waals surface area contributed by atoms with Crippen LogP contribution in [-0.2, 0) is 10.3 Å². The average Bonchev–Trinajstić information content (AvgIpc) is 3.42. The third-order valence-corrected chi connectivity index (χ3v) is 8.08. The lowest BCUT2D eigenvalue weighted by molar-refractivity contribution is -0.0264. The summed E-state index contributed by atoms with van der Waals surface area (Å²) in [5.74, 6) is 0.898. The third-order valence-electron chi connectivity index (χ3n) is 7.21. The topological polar surface area (TPSA) is 90.4 Å². The van der Waals surface area contributed by atoms with Crippen molar-refractivity contribution >= 4 is 27.6 Å². The maximum Gasteiger partial charge on any atom is 0.131 e. The molecule has 0 radical (unpaired) electrons. The predicted octanol–water partition coefficient (Wildman–Crippen LogP) is 3.06. The first-order chi connectivity index (χ1) is 15.5. The van der Waals surface area contributed by atoms with Gasteiger partial charge in [0.05, 0.1) is 29.6 Å². The molecule has 3 fully saturated rings. The van der Waals surface area contributed by atoms with E-state index in [4.69, 9.17) is 14.1 Å². The van der Waals surface area contributed by atoms with Gasteiger partial charge in [0.15, 0.2) is 0 Å². The van der Waals surface area contributed by atoms with Crippen LogP contribution in [0, 0.1) is 6.92 Å². The molecule has 32 heavy (non-hydrogen) atoms.